The third-order valence-electron chi connectivity index (χ3n) is 1.66. The second-order valence-electron chi connectivity index (χ2n) is 2.87. The molecule has 0 spiro atoms. The lowest BCUT2D eigenvalue weighted by molar-refractivity contribution is -0.133. The van der Waals surface area contributed by atoms with Crippen molar-refractivity contribution >= 4 is 5.97 Å². The minimum atomic E-state index is -0.221. The summed E-state index contributed by atoms with van der Waals surface area (Å²) in [6.45, 7) is 2.03. The van der Waals surface area contributed by atoms with E-state index in [2.05, 4.69) is 0 Å². The number of rotatable bonds is 4. The van der Waals surface area contributed by atoms with Crippen molar-refractivity contribution in [2.24, 2.45) is 0 Å². The summed E-state index contributed by atoms with van der Waals surface area (Å²) in [5, 5.41) is 0. The molecule has 14 heavy (non-hydrogen) atoms. The van der Waals surface area contributed by atoms with Crippen molar-refractivity contribution in [3.8, 4) is 5.75 Å². The highest BCUT2D eigenvalue weighted by molar-refractivity contribution is 5.73. The van der Waals surface area contributed by atoms with Crippen LogP contribution in [-0.4, -0.2) is 5.97 Å². The Labute approximate surface area is 84.2 Å². The molecule has 0 atom stereocenters. The Morgan fingerprint density at radius 1 is 1.29 bits per heavy atom. The molecule has 0 heterocycles. The van der Waals surface area contributed by atoms with E-state index in [0.717, 1.165) is 6.42 Å². The number of ether oxygens (including phenoxy) is 1. The number of hydrogen-bond acceptors (Lipinski definition) is 2. The van der Waals surface area contributed by atoms with Gasteiger partial charge in [-0.25, -0.2) is 0 Å². The van der Waals surface area contributed by atoms with Crippen LogP contribution in [0.25, 0.3) is 0 Å². The first-order valence-electron chi connectivity index (χ1n) is 4.73. The average molecular weight is 190 g/mol. The minimum Gasteiger partial charge on any atom is -0.426 e. The Bertz CT molecular complexity index is 301. The van der Waals surface area contributed by atoms with Gasteiger partial charge in [0.15, 0.2) is 0 Å². The van der Waals surface area contributed by atoms with Crippen LogP contribution < -0.4 is 4.74 Å². The van der Waals surface area contributed by atoms with Crippen molar-refractivity contribution in [2.75, 3.05) is 0 Å². The van der Waals surface area contributed by atoms with Crippen molar-refractivity contribution < 1.29 is 9.53 Å². The Balaban J connectivity index is 2.38. The van der Waals surface area contributed by atoms with E-state index < -0.39 is 0 Å². The molecule has 0 saturated carbocycles. The monoisotopic (exact) mass is 190 g/mol. The molecule has 0 amide bonds. The third kappa shape index (κ3) is 3.90. The van der Waals surface area contributed by atoms with Crippen LogP contribution in [0.15, 0.2) is 42.5 Å². The van der Waals surface area contributed by atoms with E-state index in [-0.39, 0.29) is 5.97 Å². The highest BCUT2D eigenvalue weighted by Crippen LogP contribution is 2.09. The molecule has 0 aliphatic rings. The van der Waals surface area contributed by atoms with Crippen LogP contribution in [0.5, 0.6) is 5.75 Å². The molecular formula is C12H14O2. The first kappa shape index (κ1) is 10.5. The minimum absolute atomic E-state index is 0.221. The average Bonchev–Trinajstić information content (AvgIpc) is 2.20. The Morgan fingerprint density at radius 2 is 2.00 bits per heavy atom. The van der Waals surface area contributed by atoms with Gasteiger partial charge >= 0.3 is 5.97 Å². The molecule has 74 valence electrons. The summed E-state index contributed by atoms with van der Waals surface area (Å²) in [6, 6.07) is 9.09. The highest BCUT2D eigenvalue weighted by Gasteiger charge is 2.00. The summed E-state index contributed by atoms with van der Waals surface area (Å²) >= 11 is 0. The second kappa shape index (κ2) is 5.97. The third-order valence-corrected chi connectivity index (χ3v) is 1.66. The second-order valence-corrected chi connectivity index (χ2v) is 2.87. The number of para-hydroxylation sites is 1. The zero-order valence-corrected chi connectivity index (χ0v) is 8.27. The summed E-state index contributed by atoms with van der Waals surface area (Å²) in [4.78, 5) is 11.2. The normalized spacial score (nSPS) is 10.4. The first-order chi connectivity index (χ1) is 6.83. The lowest BCUT2D eigenvalue weighted by Gasteiger charge is -2.00. The molecule has 0 aliphatic heterocycles. The SMILES string of the molecule is CC/C=C/CC(=O)Oc1ccccc1. The van der Waals surface area contributed by atoms with Gasteiger partial charge in [0.25, 0.3) is 0 Å². The molecule has 0 fully saturated rings. The molecule has 0 bridgehead atoms. The molecule has 0 aliphatic carbocycles. The summed E-state index contributed by atoms with van der Waals surface area (Å²) < 4.78 is 5.07. The number of carbonyl (C=O) groups excluding carboxylic acids is 1. The molecule has 2 heteroatoms. The fraction of sp³-hybridized carbons (Fsp3) is 0.250. The van der Waals surface area contributed by atoms with Crippen molar-refractivity contribution in [3.63, 3.8) is 0 Å². The molecule has 2 nitrogen and oxygen atoms in total. The smallest absolute Gasteiger partial charge is 0.315 e. The molecule has 0 radical (unpaired) electrons. The summed E-state index contributed by atoms with van der Waals surface area (Å²) in [5.41, 5.74) is 0. The summed E-state index contributed by atoms with van der Waals surface area (Å²) in [6.07, 6.45) is 5.05. The molecule has 0 aromatic heterocycles. The van der Waals surface area contributed by atoms with Gasteiger partial charge < -0.3 is 4.74 Å². The largest absolute Gasteiger partial charge is 0.426 e. The topological polar surface area (TPSA) is 26.3 Å². The van der Waals surface area contributed by atoms with Gasteiger partial charge in [-0.05, 0) is 18.6 Å². The quantitative estimate of drug-likeness (QED) is 0.414. The van der Waals surface area contributed by atoms with E-state index in [1.165, 1.54) is 0 Å². The summed E-state index contributed by atoms with van der Waals surface area (Å²) in [5.74, 6) is 0.378. The van der Waals surface area contributed by atoms with Crippen LogP contribution in [0.3, 0.4) is 0 Å². The van der Waals surface area contributed by atoms with E-state index in [9.17, 15) is 4.79 Å². The van der Waals surface area contributed by atoms with Crippen LogP contribution in [-0.2, 0) is 4.79 Å². The number of esters is 1. The highest BCUT2D eigenvalue weighted by atomic mass is 16.5. The maximum absolute atomic E-state index is 11.2. The molecule has 0 unspecified atom stereocenters. The number of benzene rings is 1. The van der Waals surface area contributed by atoms with Crippen LogP contribution in [0, 0.1) is 0 Å². The Kier molecular flexibility index (Phi) is 4.48. The van der Waals surface area contributed by atoms with Gasteiger partial charge in [-0.3, -0.25) is 4.79 Å². The Hall–Kier alpha value is -1.57. The molecule has 1 aromatic rings. The van der Waals surface area contributed by atoms with Crippen molar-refractivity contribution in [3.05, 3.63) is 42.5 Å². The fourth-order valence-corrected chi connectivity index (χ4v) is 1.01. The summed E-state index contributed by atoms with van der Waals surface area (Å²) in [7, 11) is 0. The van der Waals surface area contributed by atoms with Crippen LogP contribution in [0.1, 0.15) is 19.8 Å². The standard InChI is InChI=1S/C12H14O2/c1-2-3-5-10-12(13)14-11-8-6-4-7-9-11/h3-9H,2,10H2,1H3/b5-3+. The van der Waals surface area contributed by atoms with E-state index in [0.29, 0.717) is 12.2 Å². The molecule has 0 saturated heterocycles. The van der Waals surface area contributed by atoms with Gasteiger partial charge in [-0.2, -0.15) is 0 Å². The van der Waals surface area contributed by atoms with Gasteiger partial charge in [0.05, 0.1) is 6.42 Å². The molecular weight excluding hydrogens is 176 g/mol. The van der Waals surface area contributed by atoms with E-state index in [1.54, 1.807) is 12.1 Å². The van der Waals surface area contributed by atoms with Gasteiger partial charge in [-0.1, -0.05) is 37.3 Å². The van der Waals surface area contributed by atoms with Crippen LogP contribution in [0.2, 0.25) is 0 Å². The van der Waals surface area contributed by atoms with Gasteiger partial charge in [0.1, 0.15) is 5.75 Å². The maximum Gasteiger partial charge on any atom is 0.315 e. The van der Waals surface area contributed by atoms with E-state index in [4.69, 9.17) is 4.74 Å². The van der Waals surface area contributed by atoms with Gasteiger partial charge in [0.2, 0.25) is 0 Å². The Morgan fingerprint density at radius 3 is 2.64 bits per heavy atom. The molecule has 1 aromatic carbocycles. The lowest BCUT2D eigenvalue weighted by Crippen LogP contribution is -2.05. The van der Waals surface area contributed by atoms with Crippen molar-refractivity contribution in [1.29, 1.82) is 0 Å². The number of hydrogen-bond donors (Lipinski definition) is 0. The number of allylic oxidation sites excluding steroid dienone is 1. The van der Waals surface area contributed by atoms with Gasteiger partial charge in [0, 0.05) is 0 Å². The zero-order chi connectivity index (χ0) is 10.2. The first-order valence-corrected chi connectivity index (χ1v) is 4.73. The van der Waals surface area contributed by atoms with Crippen molar-refractivity contribution in [2.45, 2.75) is 19.8 Å². The van der Waals surface area contributed by atoms with Crippen molar-refractivity contribution in [1.82, 2.24) is 0 Å². The van der Waals surface area contributed by atoms with E-state index >= 15 is 0 Å². The maximum atomic E-state index is 11.2. The zero-order valence-electron chi connectivity index (χ0n) is 8.27. The molecule has 0 N–H and O–H groups in total. The fourth-order valence-electron chi connectivity index (χ4n) is 1.01. The predicted molar refractivity (Wildman–Crippen MR) is 56.1 cm³/mol. The van der Waals surface area contributed by atoms with E-state index in [1.807, 2.05) is 37.3 Å². The predicted octanol–water partition coefficient (Wildman–Crippen LogP) is 2.95. The van der Waals surface area contributed by atoms with Crippen LogP contribution >= 0.6 is 0 Å². The van der Waals surface area contributed by atoms with Crippen LogP contribution in [0.4, 0.5) is 0 Å². The van der Waals surface area contributed by atoms with Gasteiger partial charge in [-0.15, -0.1) is 0 Å². The lowest BCUT2D eigenvalue weighted by atomic mass is 10.3. The molecule has 1 rings (SSSR count). The number of carbonyl (C=O) groups is 1.